The molecule has 1 aliphatic rings. The number of aromatic nitrogens is 9. The maximum absolute atomic E-state index is 13.6. The molecule has 432 valence electrons. The van der Waals surface area contributed by atoms with E-state index in [2.05, 4.69) is 77.5 Å². The van der Waals surface area contributed by atoms with Crippen LogP contribution < -0.4 is 26.0 Å². The number of carbonyl (C=O) groups excluding carboxylic acids is 4. The molecular weight excluding hydrogens is 1170 g/mol. The van der Waals surface area contributed by atoms with Gasteiger partial charge in [0.25, 0.3) is 29.6 Å². The summed E-state index contributed by atoms with van der Waals surface area (Å²) in [6.07, 6.45) is 0.452. The number of rotatable bonds is 17. The molecule has 1 aliphatic carbocycles. The second kappa shape index (κ2) is 26.7. The first-order chi connectivity index (χ1) is 39.4. The Bertz CT molecular complexity index is 3610. The van der Waals surface area contributed by atoms with Crippen molar-refractivity contribution in [2.45, 2.75) is 78.4 Å². The average molecular weight is 1220 g/mol. The Kier molecular flexibility index (Phi) is 19.5. The summed E-state index contributed by atoms with van der Waals surface area (Å²) in [7, 11) is 0. The number of H-pyrrole nitrogens is 1. The monoisotopic (exact) mass is 1220 g/mol. The summed E-state index contributed by atoms with van der Waals surface area (Å²) in [4.78, 5) is 66.3. The number of hydrogen-bond donors (Lipinski definition) is 6. The van der Waals surface area contributed by atoms with Crippen LogP contribution >= 0.6 is 46.4 Å². The van der Waals surface area contributed by atoms with Gasteiger partial charge in [-0.25, -0.2) is 0 Å². The Morgan fingerprint density at radius 2 is 1.36 bits per heavy atom. The Balaban J connectivity index is 0.000000217. The van der Waals surface area contributed by atoms with Crippen molar-refractivity contribution in [1.29, 1.82) is 0 Å². The number of tetrazole rings is 1. The molecule has 9 rings (SSSR count). The smallest absolute Gasteiger partial charge is 0.481 e. The molecule has 0 atom stereocenters. The molecular formula is C56H52Cl4F3N13O7. The number of carboxylic acid groups (broad SMARTS) is 1. The van der Waals surface area contributed by atoms with Crippen LogP contribution in [-0.2, 0) is 17.9 Å². The predicted molar refractivity (Wildman–Crippen MR) is 305 cm³/mol. The number of ether oxygens (including phenoxy) is 1. The van der Waals surface area contributed by atoms with E-state index in [1.165, 1.54) is 24.4 Å². The lowest BCUT2D eigenvalue weighted by molar-refractivity contribution is -0.274. The van der Waals surface area contributed by atoms with Gasteiger partial charge in [0.05, 0.1) is 62.2 Å². The second-order valence-electron chi connectivity index (χ2n) is 20.1. The minimum atomic E-state index is -4.84. The second-order valence-corrected chi connectivity index (χ2v) is 21.8. The number of carbonyl (C=O) groups is 5. The van der Waals surface area contributed by atoms with Crippen LogP contribution in [0.2, 0.25) is 20.1 Å². The van der Waals surface area contributed by atoms with Gasteiger partial charge in [-0.2, -0.15) is 15.4 Å². The highest BCUT2D eigenvalue weighted by Crippen LogP contribution is 2.38. The number of benzene rings is 4. The van der Waals surface area contributed by atoms with E-state index in [9.17, 15) is 37.1 Å². The van der Waals surface area contributed by atoms with Crippen LogP contribution in [-0.4, -0.2) is 98.8 Å². The van der Waals surface area contributed by atoms with Crippen LogP contribution in [0.4, 0.5) is 24.8 Å². The number of aliphatic carboxylic acids is 1. The number of amides is 4. The summed E-state index contributed by atoms with van der Waals surface area (Å²) in [6, 6.07) is 28.1. The van der Waals surface area contributed by atoms with Gasteiger partial charge in [0.2, 0.25) is 0 Å². The molecule has 4 heterocycles. The summed E-state index contributed by atoms with van der Waals surface area (Å²) in [5, 5.41) is 43.3. The van der Waals surface area contributed by atoms with Crippen LogP contribution in [0.5, 0.6) is 5.75 Å². The summed E-state index contributed by atoms with van der Waals surface area (Å²) >= 11 is 24.7. The van der Waals surface area contributed by atoms with Crippen LogP contribution in [0.15, 0.2) is 115 Å². The summed E-state index contributed by atoms with van der Waals surface area (Å²) in [5.41, 5.74) is 5.35. The molecule has 8 aromatic rings. The Morgan fingerprint density at radius 3 is 1.96 bits per heavy atom. The van der Waals surface area contributed by atoms with Crippen molar-refractivity contribution in [2.75, 3.05) is 17.2 Å². The van der Waals surface area contributed by atoms with E-state index in [0.29, 0.717) is 60.5 Å². The van der Waals surface area contributed by atoms with E-state index in [0.717, 1.165) is 48.9 Å². The van der Waals surface area contributed by atoms with E-state index in [1.807, 2.05) is 6.07 Å². The molecule has 0 radical (unpaired) electrons. The number of carboxylic acids is 1. The molecule has 4 aromatic carbocycles. The Labute approximate surface area is 492 Å². The third-order valence-electron chi connectivity index (χ3n) is 13.2. The minimum absolute atomic E-state index is 0.00740. The largest absolute Gasteiger partial charge is 0.573 e. The molecule has 0 bridgehead atoms. The van der Waals surface area contributed by atoms with Crippen LogP contribution in [0.3, 0.4) is 0 Å². The number of hydrogen-bond acceptors (Lipinski definition) is 12. The quantitative estimate of drug-likeness (QED) is 0.0496. The van der Waals surface area contributed by atoms with E-state index in [4.69, 9.17) is 56.6 Å². The number of halogens is 7. The van der Waals surface area contributed by atoms with Crippen LogP contribution in [0.25, 0.3) is 22.5 Å². The van der Waals surface area contributed by atoms with Gasteiger partial charge in [-0.1, -0.05) is 96.5 Å². The molecule has 20 nitrogen and oxygen atoms in total. The molecule has 0 aliphatic heterocycles. The maximum atomic E-state index is 13.6. The Hall–Kier alpha value is -8.38. The zero-order chi connectivity index (χ0) is 59.6. The lowest BCUT2D eigenvalue weighted by Crippen LogP contribution is -2.40. The first-order valence-electron chi connectivity index (χ1n) is 25.6. The highest BCUT2D eigenvalue weighted by molar-refractivity contribution is 6.42. The van der Waals surface area contributed by atoms with Crippen molar-refractivity contribution >= 4 is 87.6 Å². The zero-order valence-electron chi connectivity index (χ0n) is 44.4. The number of aromatic amines is 1. The molecule has 27 heteroatoms. The first kappa shape index (κ1) is 60.7. The topological polar surface area (TPSA) is 266 Å². The highest BCUT2D eigenvalue weighted by atomic mass is 35.5. The number of nitrogens with zero attached hydrogens (tertiary/aromatic N) is 8. The Morgan fingerprint density at radius 1 is 0.699 bits per heavy atom. The maximum Gasteiger partial charge on any atom is 0.573 e. The van der Waals surface area contributed by atoms with E-state index in [1.54, 1.807) is 82.2 Å². The number of alkyl halides is 3. The standard InChI is InChI=1S/C28H21Cl2F3N4O5.C28H31Cl2N9O2/c29-21-10-5-18(13-22(21)30)24-14-23(27(41)35-19-6-8-20(9-7-19)42-28(31,32)33)36-37(24)15-16-1-3-17(4-2-16)26(40)34-12-11-25(38)39;1-28(2,3)18-6-9-19(10-7-18)32-26(41)24-13-23(16-5-11-21(29)22(30)12-16)36-39(24)15-20-8-4-17(14-31-20)25(40)33-27-34-37-38-35-27/h1-10,13-14H,11-12,15H2,(H,34,40)(H,35,41)(H,38,39);4-5,8,11-14,18-19H,6-7,9-10,15H2,1-3H3,(H,32,41)(H2,33,34,35,37,38,40). The number of anilines is 2. The van der Waals surface area contributed by atoms with Crippen molar-refractivity contribution in [2.24, 2.45) is 11.3 Å². The molecule has 1 saturated carbocycles. The van der Waals surface area contributed by atoms with Crippen LogP contribution in [0.1, 0.15) is 106 Å². The highest BCUT2D eigenvalue weighted by Gasteiger charge is 2.32. The zero-order valence-corrected chi connectivity index (χ0v) is 47.4. The van der Waals surface area contributed by atoms with Gasteiger partial charge in [0, 0.05) is 41.2 Å². The average Bonchev–Trinajstić information content (AvgIpc) is 4.09. The van der Waals surface area contributed by atoms with Crippen molar-refractivity contribution in [3.05, 3.63) is 169 Å². The summed E-state index contributed by atoms with van der Waals surface area (Å²) < 4.78 is 44.3. The molecule has 83 heavy (non-hydrogen) atoms. The summed E-state index contributed by atoms with van der Waals surface area (Å²) in [5.74, 6) is -2.41. The number of pyridine rings is 1. The van der Waals surface area contributed by atoms with Gasteiger partial charge in [-0.15, -0.1) is 18.3 Å². The van der Waals surface area contributed by atoms with Gasteiger partial charge in [-0.3, -0.25) is 43.6 Å². The van der Waals surface area contributed by atoms with Gasteiger partial charge < -0.3 is 25.8 Å². The third kappa shape index (κ3) is 16.9. The number of nitrogens with one attached hydrogen (secondary N) is 5. The molecule has 4 aromatic heterocycles. The fourth-order valence-corrected chi connectivity index (χ4v) is 9.46. The predicted octanol–water partition coefficient (Wildman–Crippen LogP) is 11.7. The lowest BCUT2D eigenvalue weighted by atomic mass is 9.71. The first-order valence-corrected chi connectivity index (χ1v) is 27.1. The fourth-order valence-electron chi connectivity index (χ4n) is 8.86. The van der Waals surface area contributed by atoms with Gasteiger partial charge in [0.15, 0.2) is 5.69 Å². The normalized spacial score (nSPS) is 14.2. The minimum Gasteiger partial charge on any atom is -0.481 e. The van der Waals surface area contributed by atoms with E-state index >= 15 is 0 Å². The molecule has 0 spiro atoms. The van der Waals surface area contributed by atoms with Gasteiger partial charge in [0.1, 0.15) is 11.4 Å². The van der Waals surface area contributed by atoms with Crippen molar-refractivity contribution < 1.29 is 47.0 Å². The van der Waals surface area contributed by atoms with E-state index < -0.39 is 35.8 Å². The summed E-state index contributed by atoms with van der Waals surface area (Å²) in [6.45, 7) is 7.23. The molecule has 4 amide bonds. The van der Waals surface area contributed by atoms with Crippen molar-refractivity contribution in [3.8, 4) is 28.3 Å². The van der Waals surface area contributed by atoms with Crippen molar-refractivity contribution in [3.63, 3.8) is 0 Å². The third-order valence-corrected chi connectivity index (χ3v) is 14.7. The van der Waals surface area contributed by atoms with Gasteiger partial charge >= 0.3 is 12.3 Å². The SMILES string of the molecule is CC(C)(C)C1CCC(NC(=O)c2cc(-c3ccc(Cl)c(Cl)c3)nn2Cc2ccc(C(=O)Nc3nn[nH]n3)cn2)CC1.O=C(O)CCNC(=O)c1ccc(Cn2nc(C(=O)Nc3ccc(OC(F)(F)F)cc3)cc2-c2ccc(Cl)c(Cl)c2)cc1. The van der Waals surface area contributed by atoms with Crippen LogP contribution in [0, 0.1) is 11.3 Å². The molecule has 1 fully saturated rings. The molecule has 0 unspecified atom stereocenters. The molecule has 6 N–H and O–H groups in total. The molecule has 0 saturated heterocycles. The van der Waals surface area contributed by atoms with E-state index in [-0.39, 0.29) is 65.8 Å². The van der Waals surface area contributed by atoms with Crippen molar-refractivity contribution in [1.82, 2.24) is 55.8 Å². The fraction of sp³-hybridized carbons (Fsp3) is 0.268. The lowest BCUT2D eigenvalue weighted by Gasteiger charge is -2.37. The van der Waals surface area contributed by atoms with Gasteiger partial charge in [-0.05, 0) is 133 Å².